The maximum absolute atomic E-state index is 11.5. The summed E-state index contributed by atoms with van der Waals surface area (Å²) < 4.78 is 0. The Hall–Kier alpha value is -0.960. The van der Waals surface area contributed by atoms with E-state index in [1.807, 2.05) is 0 Å². The molecule has 3 N–H and O–H groups in total. The molecule has 0 radical (unpaired) electrons. The van der Waals surface area contributed by atoms with Crippen LogP contribution in [0.15, 0.2) is 11.5 Å². The molecule has 1 aromatic heterocycles. The zero-order chi connectivity index (χ0) is 13.5. The van der Waals surface area contributed by atoms with Gasteiger partial charge in [0, 0.05) is 24.2 Å². The molecule has 0 fully saturated rings. The molecule has 0 bridgehead atoms. The first-order valence-corrected chi connectivity index (χ1v) is 5.64. The molecule has 100 valence electrons. The van der Waals surface area contributed by atoms with Crippen LogP contribution < -0.4 is 11.1 Å². The van der Waals surface area contributed by atoms with Crippen molar-refractivity contribution in [3.05, 3.63) is 22.5 Å². The van der Waals surface area contributed by atoms with Crippen LogP contribution in [-0.4, -0.2) is 63.0 Å². The van der Waals surface area contributed by atoms with Gasteiger partial charge in [0.05, 0.1) is 11.8 Å². The molecule has 1 aromatic rings. The van der Waals surface area contributed by atoms with Crippen LogP contribution in [0, 0.1) is 11.8 Å². The van der Waals surface area contributed by atoms with Crippen molar-refractivity contribution in [2.45, 2.75) is 13.5 Å². The number of urea groups is 1. The number of aromatic nitrogens is 2. The minimum atomic E-state index is -0.648. The van der Waals surface area contributed by atoms with Gasteiger partial charge in [0.1, 0.15) is 11.6 Å². The van der Waals surface area contributed by atoms with Gasteiger partial charge in [-0.05, 0) is 6.92 Å². The Morgan fingerprint density at radius 1 is 1.63 bits per heavy atom. The molecule has 0 aromatic carbocycles. The fraction of sp³-hybridized carbons (Fsp3) is 0.444. The van der Waals surface area contributed by atoms with E-state index in [1.54, 1.807) is 6.92 Å². The third-order valence-corrected chi connectivity index (χ3v) is 2.25. The van der Waals surface area contributed by atoms with E-state index in [4.69, 9.17) is 17.3 Å². The van der Waals surface area contributed by atoms with Crippen molar-refractivity contribution in [2.24, 2.45) is 5.29 Å². The van der Waals surface area contributed by atoms with Crippen LogP contribution in [0.1, 0.15) is 11.4 Å². The van der Waals surface area contributed by atoms with Gasteiger partial charge in [0.15, 0.2) is 0 Å². The van der Waals surface area contributed by atoms with Gasteiger partial charge in [0.2, 0.25) is 0 Å². The van der Waals surface area contributed by atoms with Crippen LogP contribution in [0.25, 0.3) is 0 Å². The van der Waals surface area contributed by atoms with Crippen molar-refractivity contribution >= 4 is 53.0 Å². The first-order chi connectivity index (χ1) is 8.58. The van der Waals surface area contributed by atoms with Crippen molar-refractivity contribution in [2.75, 3.05) is 18.2 Å². The second-order valence-corrected chi connectivity index (χ2v) is 3.76. The monoisotopic (exact) mass is 296 g/mol. The molecule has 2 amide bonds. The summed E-state index contributed by atoms with van der Waals surface area (Å²) in [6.07, 6.45) is 1.51. The topological polar surface area (TPSA) is 114 Å². The summed E-state index contributed by atoms with van der Waals surface area (Å²) in [7, 11) is 0. The number of halogens is 1. The molecule has 10 heteroatoms. The average molecular weight is 297 g/mol. The predicted molar refractivity (Wildman–Crippen MR) is 73.8 cm³/mol. The fourth-order valence-electron chi connectivity index (χ4n) is 1.17. The number of nitrogens with two attached hydrogens (primary N) is 1. The number of hydrogen-bond donors (Lipinski definition) is 2. The first-order valence-electron chi connectivity index (χ1n) is 5.11. The van der Waals surface area contributed by atoms with Gasteiger partial charge in [-0.3, -0.25) is 0 Å². The zero-order valence-electron chi connectivity index (χ0n) is 9.76. The van der Waals surface area contributed by atoms with E-state index in [2.05, 4.69) is 20.6 Å². The van der Waals surface area contributed by atoms with Crippen LogP contribution in [-0.2, 0) is 6.54 Å². The van der Waals surface area contributed by atoms with E-state index in [-0.39, 0.29) is 54.3 Å². The Morgan fingerprint density at radius 2 is 2.32 bits per heavy atom. The third-order valence-electron chi connectivity index (χ3n) is 2.08. The number of alkyl halides is 1. The van der Waals surface area contributed by atoms with Gasteiger partial charge in [-0.1, -0.05) is 0 Å². The van der Waals surface area contributed by atoms with Gasteiger partial charge in [-0.25, -0.2) is 14.8 Å². The van der Waals surface area contributed by atoms with E-state index < -0.39 is 6.03 Å². The third kappa shape index (κ3) is 5.68. The van der Waals surface area contributed by atoms with E-state index >= 15 is 0 Å². The Bertz CT molecular complexity index is 447. The van der Waals surface area contributed by atoms with E-state index in [9.17, 15) is 9.70 Å². The molecule has 1 rings (SSSR count). The van der Waals surface area contributed by atoms with Gasteiger partial charge in [-0.2, -0.15) is 5.01 Å². The van der Waals surface area contributed by atoms with E-state index in [0.29, 0.717) is 16.4 Å². The van der Waals surface area contributed by atoms with Gasteiger partial charge in [0.25, 0.3) is 0 Å². The van der Waals surface area contributed by atoms with Crippen LogP contribution in [0.3, 0.4) is 0 Å². The number of nitrogens with one attached hydrogen (secondary N) is 1. The summed E-state index contributed by atoms with van der Waals surface area (Å²) in [6, 6.07) is -0.648. The molecular formula is C9H14ClN6NaO2. The van der Waals surface area contributed by atoms with Crippen LogP contribution in [0.4, 0.5) is 10.6 Å². The summed E-state index contributed by atoms with van der Waals surface area (Å²) in [4.78, 5) is 29.8. The number of aryl methyl sites for hydroxylation is 1. The minimum absolute atomic E-state index is 0. The average Bonchev–Trinajstić information content (AvgIpc) is 2.34. The summed E-state index contributed by atoms with van der Waals surface area (Å²) in [6.45, 7) is 1.85. The molecule has 0 spiro atoms. The SMILES string of the molecule is Cc1ncc(CNC(=O)N(CCCl)N=O)c(N)n1.[NaH]. The van der Waals surface area contributed by atoms with Gasteiger partial charge in [-0.15, -0.1) is 16.5 Å². The molecular weight excluding hydrogens is 283 g/mol. The number of carbonyl (C=O) groups excluding carboxylic acids is 1. The quantitative estimate of drug-likeness (QED) is 0.347. The van der Waals surface area contributed by atoms with Crippen molar-refractivity contribution in [1.82, 2.24) is 20.3 Å². The fourth-order valence-corrected chi connectivity index (χ4v) is 1.33. The molecule has 0 unspecified atom stereocenters. The molecule has 1 heterocycles. The normalized spacial score (nSPS) is 9.37. The van der Waals surface area contributed by atoms with E-state index in [0.717, 1.165) is 0 Å². The summed E-state index contributed by atoms with van der Waals surface area (Å²) in [5.41, 5.74) is 6.21. The number of amides is 2. The van der Waals surface area contributed by atoms with E-state index in [1.165, 1.54) is 6.20 Å². The maximum atomic E-state index is 11.5. The molecule has 0 aliphatic rings. The number of anilines is 1. The molecule has 19 heavy (non-hydrogen) atoms. The summed E-state index contributed by atoms with van der Waals surface area (Å²) >= 11 is 5.42. The van der Waals surface area contributed by atoms with Crippen LogP contribution >= 0.6 is 11.6 Å². The van der Waals surface area contributed by atoms with Crippen LogP contribution in [0.5, 0.6) is 0 Å². The number of nitroso groups, excluding NO2 is 1. The first kappa shape index (κ1) is 18.0. The number of nitrogen functional groups attached to an aromatic ring is 1. The number of rotatable bonds is 5. The van der Waals surface area contributed by atoms with Crippen molar-refractivity contribution < 1.29 is 4.79 Å². The van der Waals surface area contributed by atoms with Gasteiger partial charge < -0.3 is 11.1 Å². The molecule has 0 aliphatic carbocycles. The molecule has 8 nitrogen and oxygen atoms in total. The number of hydrogen-bond acceptors (Lipinski definition) is 6. The summed E-state index contributed by atoms with van der Waals surface area (Å²) in [5, 5.41) is 5.71. The van der Waals surface area contributed by atoms with Gasteiger partial charge >= 0.3 is 35.6 Å². The zero-order valence-corrected chi connectivity index (χ0v) is 10.5. The molecule has 0 saturated heterocycles. The Balaban J connectivity index is 0.00000324. The molecule has 0 saturated carbocycles. The Labute approximate surface area is 137 Å². The second kappa shape index (κ2) is 9.03. The van der Waals surface area contributed by atoms with Crippen molar-refractivity contribution in [3.8, 4) is 0 Å². The van der Waals surface area contributed by atoms with Crippen molar-refractivity contribution in [3.63, 3.8) is 0 Å². The predicted octanol–water partition coefficient (Wildman–Crippen LogP) is 0.151. The second-order valence-electron chi connectivity index (χ2n) is 3.38. The number of nitrogens with zero attached hydrogens (tertiary/aromatic N) is 4. The molecule has 0 aliphatic heterocycles. The summed E-state index contributed by atoms with van der Waals surface area (Å²) in [5.74, 6) is 0.946. The van der Waals surface area contributed by atoms with Crippen molar-refractivity contribution in [1.29, 1.82) is 0 Å². The standard InChI is InChI=1S/C9H13ClN6O2.Na.H/c1-6-12-4-7(8(11)14-6)5-13-9(17)16(15-18)3-2-10;;/h4H,2-3,5H2,1H3,(H,13,17)(H2,11,12,14);;. The Morgan fingerprint density at radius 3 is 2.84 bits per heavy atom. The molecule has 0 atom stereocenters. The Kier molecular flexibility index (Phi) is 8.57. The van der Waals surface area contributed by atoms with Crippen LogP contribution in [0.2, 0.25) is 0 Å². The number of carbonyl (C=O) groups is 1.